The lowest BCUT2D eigenvalue weighted by Crippen LogP contribution is -2.51. The summed E-state index contributed by atoms with van der Waals surface area (Å²) < 4.78 is 0. The summed E-state index contributed by atoms with van der Waals surface area (Å²) in [4.78, 5) is 14.5. The molecule has 1 fully saturated rings. The SMILES string of the molecule is Cc1ccc(N2CCCC(NC(=O)NCC(C)(C)CCO)C2)cc1. The molecule has 5 heteroatoms. The molecule has 0 radical (unpaired) electrons. The van der Waals surface area contributed by atoms with Gasteiger partial charge >= 0.3 is 6.03 Å². The van der Waals surface area contributed by atoms with Crippen molar-refractivity contribution in [1.82, 2.24) is 10.6 Å². The molecular weight excluding hydrogens is 302 g/mol. The van der Waals surface area contributed by atoms with Crippen molar-refractivity contribution in [3.8, 4) is 0 Å². The lowest BCUT2D eigenvalue weighted by atomic mass is 9.90. The van der Waals surface area contributed by atoms with Crippen LogP contribution < -0.4 is 15.5 Å². The van der Waals surface area contributed by atoms with Crippen LogP contribution in [0.5, 0.6) is 0 Å². The Bertz CT molecular complexity index is 528. The maximum Gasteiger partial charge on any atom is 0.315 e. The Morgan fingerprint density at radius 2 is 2.04 bits per heavy atom. The highest BCUT2D eigenvalue weighted by Crippen LogP contribution is 2.21. The molecule has 0 saturated carbocycles. The zero-order valence-electron chi connectivity index (χ0n) is 15.1. The van der Waals surface area contributed by atoms with Gasteiger partial charge < -0.3 is 20.6 Å². The van der Waals surface area contributed by atoms with Crippen molar-refractivity contribution in [3.05, 3.63) is 29.8 Å². The van der Waals surface area contributed by atoms with Crippen LogP contribution in [0.2, 0.25) is 0 Å². The van der Waals surface area contributed by atoms with Crippen molar-refractivity contribution < 1.29 is 9.90 Å². The van der Waals surface area contributed by atoms with E-state index in [1.165, 1.54) is 11.3 Å². The summed E-state index contributed by atoms with van der Waals surface area (Å²) in [6.07, 6.45) is 2.77. The molecule has 1 aromatic rings. The van der Waals surface area contributed by atoms with E-state index >= 15 is 0 Å². The van der Waals surface area contributed by atoms with Crippen molar-refractivity contribution >= 4 is 11.7 Å². The van der Waals surface area contributed by atoms with Gasteiger partial charge in [-0.25, -0.2) is 4.79 Å². The topological polar surface area (TPSA) is 64.6 Å². The van der Waals surface area contributed by atoms with Crippen LogP contribution in [0.25, 0.3) is 0 Å². The van der Waals surface area contributed by atoms with Crippen molar-refractivity contribution in [2.75, 3.05) is 31.1 Å². The van der Waals surface area contributed by atoms with Crippen LogP contribution in [0.3, 0.4) is 0 Å². The fraction of sp³-hybridized carbons (Fsp3) is 0.632. The molecule has 1 atom stereocenters. The van der Waals surface area contributed by atoms with E-state index in [0.29, 0.717) is 13.0 Å². The molecule has 5 nitrogen and oxygen atoms in total. The molecule has 1 unspecified atom stereocenters. The van der Waals surface area contributed by atoms with Gasteiger partial charge in [0.05, 0.1) is 0 Å². The lowest BCUT2D eigenvalue weighted by molar-refractivity contribution is 0.199. The molecule has 0 aromatic heterocycles. The minimum absolute atomic E-state index is 0.0907. The third-order valence-electron chi connectivity index (χ3n) is 4.67. The second-order valence-corrected chi connectivity index (χ2v) is 7.59. The van der Waals surface area contributed by atoms with Gasteiger partial charge in [-0.2, -0.15) is 0 Å². The first-order valence-electron chi connectivity index (χ1n) is 8.86. The number of hydrogen-bond donors (Lipinski definition) is 3. The first-order valence-corrected chi connectivity index (χ1v) is 8.86. The quantitative estimate of drug-likeness (QED) is 0.750. The molecular formula is C19H31N3O2. The van der Waals surface area contributed by atoms with E-state index in [0.717, 1.165) is 25.9 Å². The first-order chi connectivity index (χ1) is 11.4. The van der Waals surface area contributed by atoms with Crippen LogP contribution in [-0.2, 0) is 0 Å². The Labute approximate surface area is 145 Å². The van der Waals surface area contributed by atoms with E-state index in [2.05, 4.69) is 46.7 Å². The van der Waals surface area contributed by atoms with E-state index in [9.17, 15) is 4.79 Å². The van der Waals surface area contributed by atoms with Crippen LogP contribution in [-0.4, -0.2) is 43.4 Å². The fourth-order valence-corrected chi connectivity index (χ4v) is 3.03. The van der Waals surface area contributed by atoms with Crippen molar-refractivity contribution in [1.29, 1.82) is 0 Å². The molecule has 2 rings (SSSR count). The molecule has 24 heavy (non-hydrogen) atoms. The minimum atomic E-state index is -0.114. The van der Waals surface area contributed by atoms with Gasteiger partial charge in [0, 0.05) is 38.0 Å². The number of aliphatic hydroxyl groups is 1. The van der Waals surface area contributed by atoms with Gasteiger partial charge in [0.2, 0.25) is 0 Å². The highest BCUT2D eigenvalue weighted by molar-refractivity contribution is 5.74. The summed E-state index contributed by atoms with van der Waals surface area (Å²) in [7, 11) is 0. The number of aliphatic hydroxyl groups excluding tert-OH is 1. The summed E-state index contributed by atoms with van der Waals surface area (Å²) >= 11 is 0. The Kier molecular flexibility index (Phi) is 6.49. The van der Waals surface area contributed by atoms with Crippen LogP contribution in [0.1, 0.15) is 38.7 Å². The number of rotatable bonds is 6. The average molecular weight is 333 g/mol. The first kappa shape index (κ1) is 18.6. The summed E-state index contributed by atoms with van der Waals surface area (Å²) in [5, 5.41) is 15.1. The summed E-state index contributed by atoms with van der Waals surface area (Å²) in [5.41, 5.74) is 2.39. The maximum absolute atomic E-state index is 12.1. The lowest BCUT2D eigenvalue weighted by Gasteiger charge is -2.35. The normalized spacial score (nSPS) is 18.3. The Morgan fingerprint density at radius 1 is 1.33 bits per heavy atom. The molecule has 1 aliphatic rings. The number of nitrogens with zero attached hydrogens (tertiary/aromatic N) is 1. The van der Waals surface area contributed by atoms with Gasteiger partial charge in [-0.1, -0.05) is 31.5 Å². The van der Waals surface area contributed by atoms with Gasteiger partial charge in [-0.15, -0.1) is 0 Å². The molecule has 0 spiro atoms. The van der Waals surface area contributed by atoms with Crippen molar-refractivity contribution in [2.45, 2.75) is 46.1 Å². The second kappa shape index (κ2) is 8.38. The van der Waals surface area contributed by atoms with E-state index in [1.54, 1.807) is 0 Å². The third kappa shape index (κ3) is 5.71. The molecule has 3 N–H and O–H groups in total. The number of piperidine rings is 1. The predicted octanol–water partition coefficient (Wildman–Crippen LogP) is 2.67. The number of anilines is 1. The van der Waals surface area contributed by atoms with E-state index < -0.39 is 0 Å². The monoisotopic (exact) mass is 333 g/mol. The van der Waals surface area contributed by atoms with Crippen LogP contribution >= 0.6 is 0 Å². The number of urea groups is 1. The average Bonchev–Trinajstić information content (AvgIpc) is 2.54. The zero-order chi connectivity index (χ0) is 17.6. The predicted molar refractivity (Wildman–Crippen MR) is 98.4 cm³/mol. The van der Waals surface area contributed by atoms with E-state index in [-0.39, 0.29) is 24.1 Å². The number of hydrogen-bond acceptors (Lipinski definition) is 3. The standard InChI is InChI=1S/C19H31N3O2/c1-15-6-8-17(9-7-15)22-11-4-5-16(13-22)21-18(24)20-14-19(2,3)10-12-23/h6-9,16,23H,4-5,10-14H2,1-3H3,(H2,20,21,24). The molecule has 0 bridgehead atoms. The second-order valence-electron chi connectivity index (χ2n) is 7.59. The largest absolute Gasteiger partial charge is 0.396 e. The number of benzene rings is 1. The number of aryl methyl sites for hydroxylation is 1. The fourth-order valence-electron chi connectivity index (χ4n) is 3.03. The third-order valence-corrected chi connectivity index (χ3v) is 4.67. The van der Waals surface area contributed by atoms with Crippen LogP contribution in [0.4, 0.5) is 10.5 Å². The summed E-state index contributed by atoms with van der Waals surface area (Å²) in [6.45, 7) is 8.76. The summed E-state index contributed by atoms with van der Waals surface area (Å²) in [5.74, 6) is 0. The molecule has 0 aliphatic carbocycles. The molecule has 1 saturated heterocycles. The number of amides is 2. The molecule has 2 amide bonds. The van der Waals surface area contributed by atoms with E-state index in [1.807, 2.05) is 13.8 Å². The number of carbonyl (C=O) groups excluding carboxylic acids is 1. The van der Waals surface area contributed by atoms with Crippen LogP contribution in [0, 0.1) is 12.3 Å². The molecule has 1 aliphatic heterocycles. The van der Waals surface area contributed by atoms with E-state index in [4.69, 9.17) is 5.11 Å². The Morgan fingerprint density at radius 3 is 2.71 bits per heavy atom. The van der Waals surface area contributed by atoms with Crippen LogP contribution in [0.15, 0.2) is 24.3 Å². The van der Waals surface area contributed by atoms with Gasteiger partial charge in [0.25, 0.3) is 0 Å². The number of nitrogens with one attached hydrogen (secondary N) is 2. The van der Waals surface area contributed by atoms with Gasteiger partial charge in [0.1, 0.15) is 0 Å². The Hall–Kier alpha value is -1.75. The minimum Gasteiger partial charge on any atom is -0.396 e. The highest BCUT2D eigenvalue weighted by atomic mass is 16.3. The Balaban J connectivity index is 1.82. The zero-order valence-corrected chi connectivity index (χ0v) is 15.1. The van der Waals surface area contributed by atoms with Gasteiger partial charge in [0.15, 0.2) is 0 Å². The number of carbonyl (C=O) groups is 1. The molecule has 1 heterocycles. The maximum atomic E-state index is 12.1. The van der Waals surface area contributed by atoms with Gasteiger partial charge in [-0.05, 0) is 43.7 Å². The highest BCUT2D eigenvalue weighted by Gasteiger charge is 2.23. The van der Waals surface area contributed by atoms with Gasteiger partial charge in [-0.3, -0.25) is 0 Å². The molecule has 134 valence electrons. The smallest absolute Gasteiger partial charge is 0.315 e. The molecule has 1 aromatic carbocycles. The van der Waals surface area contributed by atoms with Crippen molar-refractivity contribution in [2.24, 2.45) is 5.41 Å². The van der Waals surface area contributed by atoms with Crippen molar-refractivity contribution in [3.63, 3.8) is 0 Å². The summed E-state index contributed by atoms with van der Waals surface area (Å²) in [6, 6.07) is 8.60.